The minimum atomic E-state index is -0.538. The van der Waals surface area contributed by atoms with Crippen molar-refractivity contribution < 1.29 is 28.5 Å². The number of nitrogens with one attached hydrogen (secondary N) is 1. The van der Waals surface area contributed by atoms with E-state index in [-0.39, 0.29) is 13.0 Å². The second-order valence-corrected chi connectivity index (χ2v) is 7.96. The summed E-state index contributed by atoms with van der Waals surface area (Å²) in [6, 6.07) is 13.0. The van der Waals surface area contributed by atoms with Crippen molar-refractivity contribution in [3.63, 3.8) is 0 Å². The lowest BCUT2D eigenvalue weighted by Crippen LogP contribution is -2.34. The first kappa shape index (κ1) is 21.0. The van der Waals surface area contributed by atoms with E-state index < -0.39 is 17.7 Å². The summed E-state index contributed by atoms with van der Waals surface area (Å²) in [6.45, 7) is 2.06. The molecule has 1 spiro atoms. The van der Waals surface area contributed by atoms with Crippen LogP contribution >= 0.6 is 0 Å². The third-order valence-electron chi connectivity index (χ3n) is 5.33. The Hall–Kier alpha value is -3.22. The van der Waals surface area contributed by atoms with Crippen molar-refractivity contribution in [3.05, 3.63) is 48.0 Å². The van der Waals surface area contributed by atoms with Gasteiger partial charge >= 0.3 is 5.97 Å². The van der Waals surface area contributed by atoms with Gasteiger partial charge in [0.25, 0.3) is 11.7 Å². The number of esters is 1. The highest BCUT2D eigenvalue weighted by atomic mass is 16.7. The van der Waals surface area contributed by atoms with Gasteiger partial charge in [-0.05, 0) is 56.0 Å². The zero-order valence-corrected chi connectivity index (χ0v) is 17.6. The molecule has 0 unspecified atom stereocenters. The first-order valence-corrected chi connectivity index (χ1v) is 10.7. The van der Waals surface area contributed by atoms with Gasteiger partial charge in [0, 0.05) is 31.0 Å². The number of carbonyl (C=O) groups is 2. The highest BCUT2D eigenvalue weighted by Gasteiger charge is 2.44. The molecule has 2 aliphatic rings. The topological polar surface area (TPSA) is 83.1 Å². The molecule has 1 fully saturated rings. The Morgan fingerprint density at radius 1 is 1.06 bits per heavy atom. The second kappa shape index (κ2) is 9.29. The third-order valence-corrected chi connectivity index (χ3v) is 5.33. The average molecular weight is 425 g/mol. The zero-order chi connectivity index (χ0) is 21.7. The Balaban J connectivity index is 1.16. The molecule has 1 heterocycles. The molecule has 7 nitrogen and oxygen atoms in total. The SMILES string of the molecule is Cc1cccc(OCCCC(=O)OCC(=O)Nc2ccc3c(c2)OC2(CCCC2)O3)c1. The molecule has 164 valence electrons. The maximum Gasteiger partial charge on any atom is 0.306 e. The van der Waals surface area contributed by atoms with Gasteiger partial charge in [0.15, 0.2) is 18.1 Å². The standard InChI is InChI=1S/C24H27NO6/c1-17-6-4-7-19(14-17)28-13-5-8-23(27)29-16-22(26)25-18-9-10-20-21(15-18)31-24(30-20)11-2-3-12-24/h4,6-7,9-10,14-15H,2-3,5,8,11-13,16H2,1H3,(H,25,26). The van der Waals surface area contributed by atoms with E-state index in [1.165, 1.54) is 0 Å². The van der Waals surface area contributed by atoms with Gasteiger partial charge in [-0.2, -0.15) is 0 Å². The van der Waals surface area contributed by atoms with E-state index in [2.05, 4.69) is 5.32 Å². The van der Waals surface area contributed by atoms with Crippen LogP contribution in [0.1, 0.15) is 44.1 Å². The molecule has 0 aromatic heterocycles. The van der Waals surface area contributed by atoms with Gasteiger partial charge in [0.05, 0.1) is 6.61 Å². The molecule has 1 aliphatic heterocycles. The predicted octanol–water partition coefficient (Wildman–Crippen LogP) is 4.38. The summed E-state index contributed by atoms with van der Waals surface area (Å²) in [5.74, 6) is 0.722. The monoisotopic (exact) mass is 425 g/mol. The number of ether oxygens (including phenoxy) is 4. The van der Waals surface area contributed by atoms with Crippen molar-refractivity contribution in [2.45, 2.75) is 51.2 Å². The maximum atomic E-state index is 12.1. The quantitative estimate of drug-likeness (QED) is 0.499. The van der Waals surface area contributed by atoms with Crippen LogP contribution in [0.2, 0.25) is 0 Å². The Morgan fingerprint density at radius 3 is 2.68 bits per heavy atom. The van der Waals surface area contributed by atoms with E-state index in [0.29, 0.717) is 30.2 Å². The first-order valence-electron chi connectivity index (χ1n) is 10.7. The summed E-state index contributed by atoms with van der Waals surface area (Å²) in [6.07, 6.45) is 4.61. The fourth-order valence-corrected chi connectivity index (χ4v) is 3.82. The van der Waals surface area contributed by atoms with E-state index in [9.17, 15) is 9.59 Å². The van der Waals surface area contributed by atoms with E-state index in [1.54, 1.807) is 18.2 Å². The molecule has 0 radical (unpaired) electrons. The Labute approximate surface area is 181 Å². The number of aryl methyl sites for hydroxylation is 1. The number of anilines is 1. The van der Waals surface area contributed by atoms with Gasteiger partial charge in [0.1, 0.15) is 5.75 Å². The number of hydrogen-bond donors (Lipinski definition) is 1. The van der Waals surface area contributed by atoms with Crippen LogP contribution in [-0.2, 0) is 14.3 Å². The number of fused-ring (bicyclic) bond motifs is 1. The van der Waals surface area contributed by atoms with Gasteiger partial charge in [-0.1, -0.05) is 12.1 Å². The van der Waals surface area contributed by atoms with Crippen LogP contribution in [0.3, 0.4) is 0 Å². The number of rotatable bonds is 8. The molecule has 0 atom stereocenters. The van der Waals surface area contributed by atoms with Crippen LogP contribution in [0.25, 0.3) is 0 Å². The summed E-state index contributed by atoms with van der Waals surface area (Å²) in [4.78, 5) is 24.0. The van der Waals surface area contributed by atoms with Crippen LogP contribution < -0.4 is 19.5 Å². The lowest BCUT2D eigenvalue weighted by molar-refractivity contribution is -0.147. The van der Waals surface area contributed by atoms with E-state index in [1.807, 2.05) is 31.2 Å². The molecular formula is C24H27NO6. The van der Waals surface area contributed by atoms with Crippen molar-refractivity contribution >= 4 is 17.6 Å². The summed E-state index contributed by atoms with van der Waals surface area (Å²) in [5, 5.41) is 2.72. The van der Waals surface area contributed by atoms with Crippen LogP contribution in [0.5, 0.6) is 17.2 Å². The highest BCUT2D eigenvalue weighted by Crippen LogP contribution is 2.47. The van der Waals surface area contributed by atoms with Crippen molar-refractivity contribution in [3.8, 4) is 17.2 Å². The van der Waals surface area contributed by atoms with Crippen LogP contribution in [0, 0.1) is 6.92 Å². The summed E-state index contributed by atoms with van der Waals surface area (Å²) < 4.78 is 22.6. The molecule has 1 aliphatic carbocycles. The lowest BCUT2D eigenvalue weighted by Gasteiger charge is -2.21. The van der Waals surface area contributed by atoms with Crippen LogP contribution in [-0.4, -0.2) is 30.9 Å². The molecule has 7 heteroatoms. The van der Waals surface area contributed by atoms with Crippen molar-refractivity contribution in [1.82, 2.24) is 0 Å². The molecule has 0 saturated heterocycles. The molecular weight excluding hydrogens is 398 g/mol. The molecule has 31 heavy (non-hydrogen) atoms. The summed E-state index contributed by atoms with van der Waals surface area (Å²) in [7, 11) is 0. The van der Waals surface area contributed by atoms with Gasteiger partial charge in [-0.25, -0.2) is 0 Å². The van der Waals surface area contributed by atoms with Crippen molar-refractivity contribution in [2.24, 2.45) is 0 Å². The van der Waals surface area contributed by atoms with Crippen LogP contribution in [0.15, 0.2) is 42.5 Å². The number of amides is 1. The number of carbonyl (C=O) groups excluding carboxylic acids is 2. The Morgan fingerprint density at radius 2 is 1.87 bits per heavy atom. The number of benzene rings is 2. The second-order valence-electron chi connectivity index (χ2n) is 7.96. The van der Waals surface area contributed by atoms with E-state index in [4.69, 9.17) is 18.9 Å². The molecule has 1 saturated carbocycles. The molecule has 1 N–H and O–H groups in total. The number of hydrogen-bond acceptors (Lipinski definition) is 6. The highest BCUT2D eigenvalue weighted by molar-refractivity contribution is 5.93. The lowest BCUT2D eigenvalue weighted by atomic mass is 10.2. The smallest absolute Gasteiger partial charge is 0.306 e. The van der Waals surface area contributed by atoms with Gasteiger partial charge < -0.3 is 24.3 Å². The molecule has 2 aromatic carbocycles. The summed E-state index contributed by atoms with van der Waals surface area (Å²) in [5.41, 5.74) is 1.69. The Bertz CT molecular complexity index is 951. The predicted molar refractivity (Wildman–Crippen MR) is 114 cm³/mol. The summed E-state index contributed by atoms with van der Waals surface area (Å²) >= 11 is 0. The van der Waals surface area contributed by atoms with Crippen molar-refractivity contribution in [1.29, 1.82) is 0 Å². The molecule has 0 bridgehead atoms. The third kappa shape index (κ3) is 5.48. The van der Waals surface area contributed by atoms with Crippen molar-refractivity contribution in [2.75, 3.05) is 18.5 Å². The molecule has 1 amide bonds. The zero-order valence-electron chi connectivity index (χ0n) is 17.6. The average Bonchev–Trinajstić information content (AvgIpc) is 3.35. The van der Waals surface area contributed by atoms with Gasteiger partial charge in [-0.3, -0.25) is 9.59 Å². The van der Waals surface area contributed by atoms with Gasteiger partial charge in [-0.15, -0.1) is 0 Å². The fourth-order valence-electron chi connectivity index (χ4n) is 3.82. The van der Waals surface area contributed by atoms with Crippen LogP contribution in [0.4, 0.5) is 5.69 Å². The minimum Gasteiger partial charge on any atom is -0.494 e. The molecule has 4 rings (SSSR count). The first-order chi connectivity index (χ1) is 15.0. The van der Waals surface area contributed by atoms with Gasteiger partial charge in [0.2, 0.25) is 0 Å². The maximum absolute atomic E-state index is 12.1. The fraction of sp³-hybridized carbons (Fsp3) is 0.417. The van der Waals surface area contributed by atoms with E-state index >= 15 is 0 Å². The Kier molecular flexibility index (Phi) is 6.30. The minimum absolute atomic E-state index is 0.186. The van der Waals surface area contributed by atoms with E-state index in [0.717, 1.165) is 37.0 Å². The largest absolute Gasteiger partial charge is 0.494 e. The normalized spacial score (nSPS) is 15.6. The molecule has 2 aromatic rings.